The highest BCUT2D eigenvalue weighted by Gasteiger charge is 2.53. The van der Waals surface area contributed by atoms with Gasteiger partial charge in [0.2, 0.25) is 5.79 Å². The summed E-state index contributed by atoms with van der Waals surface area (Å²) in [5.41, 5.74) is 7.14. The Bertz CT molecular complexity index is 1320. The fourth-order valence-corrected chi connectivity index (χ4v) is 5.10. The monoisotopic (exact) mass is 525 g/mol. The topological polar surface area (TPSA) is 139 Å². The van der Waals surface area contributed by atoms with Gasteiger partial charge < -0.3 is 35.8 Å². The van der Waals surface area contributed by atoms with E-state index in [-0.39, 0.29) is 17.3 Å². The molecule has 0 radical (unpaired) electrons. The van der Waals surface area contributed by atoms with Gasteiger partial charge in [0.05, 0.1) is 27.2 Å². The third-order valence-electron chi connectivity index (χ3n) is 5.46. The first-order chi connectivity index (χ1) is 17.0. The quantitative estimate of drug-likeness (QED) is 0.328. The van der Waals surface area contributed by atoms with E-state index in [1.807, 2.05) is 6.92 Å². The number of halogens is 3. The zero-order valence-electron chi connectivity index (χ0n) is 19.0. The van der Waals surface area contributed by atoms with E-state index in [2.05, 4.69) is 20.4 Å². The fourth-order valence-electron chi connectivity index (χ4n) is 4.15. The Morgan fingerprint density at radius 2 is 2.03 bits per heavy atom. The van der Waals surface area contributed by atoms with Crippen molar-refractivity contribution >= 4 is 49.9 Å². The molecule has 0 aliphatic carbocycles. The molecule has 0 saturated heterocycles. The highest BCUT2D eigenvalue weighted by molar-refractivity contribution is 7.22. The van der Waals surface area contributed by atoms with Crippen LogP contribution in [0.2, 0.25) is 0 Å². The van der Waals surface area contributed by atoms with Crippen LogP contribution in [0.25, 0.3) is 10.2 Å². The summed E-state index contributed by atoms with van der Waals surface area (Å²) in [4.78, 5) is 30.3. The summed E-state index contributed by atoms with van der Waals surface area (Å²) in [5, 5.41) is 16.0. The molecule has 0 saturated carbocycles. The zero-order valence-corrected chi connectivity index (χ0v) is 19.9. The summed E-state index contributed by atoms with van der Waals surface area (Å²) in [6.45, 7) is 3.97. The molecular weight excluding hydrogens is 503 g/mol. The summed E-state index contributed by atoms with van der Waals surface area (Å²) in [7, 11) is 0. The van der Waals surface area contributed by atoms with Crippen LogP contribution in [0.15, 0.2) is 36.4 Å². The second-order valence-electron chi connectivity index (χ2n) is 7.73. The molecule has 1 amide bonds. The van der Waals surface area contributed by atoms with Crippen molar-refractivity contribution in [1.82, 2.24) is 4.98 Å². The number of carboxylic acids is 1. The minimum Gasteiger partial charge on any atom is -0.478 e. The van der Waals surface area contributed by atoms with Crippen molar-refractivity contribution in [2.45, 2.75) is 32.1 Å². The largest absolute Gasteiger partial charge is 0.573 e. The number of hydrogen-bond acceptors (Lipinski definition) is 9. The van der Waals surface area contributed by atoms with Gasteiger partial charge in [0.1, 0.15) is 5.75 Å². The lowest BCUT2D eigenvalue weighted by atomic mass is 10.1. The lowest BCUT2D eigenvalue weighted by Crippen LogP contribution is -2.68. The number of carbonyl (C=O) groups is 2. The van der Waals surface area contributed by atoms with Crippen LogP contribution in [0.1, 0.15) is 24.2 Å². The number of benzene rings is 2. The number of amides is 1. The third-order valence-corrected chi connectivity index (χ3v) is 6.40. The average Bonchev–Trinajstić information content (AvgIpc) is 3.32. The maximum absolute atomic E-state index is 12.6. The van der Waals surface area contributed by atoms with E-state index < -0.39 is 35.9 Å². The molecule has 192 valence electrons. The SMILES string of the molecule is CCOC(C(N)=O)C1(Nc2nc3ccc(OC(F)(F)F)cc3s2)Nc2cc(C(=O)O)ccc2N1CC. The fraction of sp³-hybridized carbons (Fsp3) is 0.318. The highest BCUT2D eigenvalue weighted by Crippen LogP contribution is 2.44. The lowest BCUT2D eigenvalue weighted by Gasteiger charge is -2.43. The number of ether oxygens (including phenoxy) is 2. The number of aromatic carboxylic acids is 1. The van der Waals surface area contributed by atoms with Gasteiger partial charge in [-0.25, -0.2) is 9.78 Å². The second-order valence-corrected chi connectivity index (χ2v) is 8.76. The third kappa shape index (κ3) is 4.68. The van der Waals surface area contributed by atoms with Gasteiger partial charge in [0, 0.05) is 19.2 Å². The van der Waals surface area contributed by atoms with Crippen LogP contribution >= 0.6 is 11.3 Å². The van der Waals surface area contributed by atoms with Gasteiger partial charge in [-0.15, -0.1) is 13.2 Å². The predicted molar refractivity (Wildman–Crippen MR) is 127 cm³/mol. The molecule has 1 aliphatic heterocycles. The lowest BCUT2D eigenvalue weighted by molar-refractivity contribution is -0.274. The molecule has 1 aliphatic rings. The molecule has 2 aromatic carbocycles. The van der Waals surface area contributed by atoms with Crippen LogP contribution in [0.3, 0.4) is 0 Å². The van der Waals surface area contributed by atoms with Gasteiger partial charge in [0.15, 0.2) is 11.2 Å². The van der Waals surface area contributed by atoms with Crippen molar-refractivity contribution in [2.75, 3.05) is 28.7 Å². The number of likely N-dealkylation sites (N-methyl/N-ethyl adjacent to an activating group) is 1. The molecule has 5 N–H and O–H groups in total. The van der Waals surface area contributed by atoms with Gasteiger partial charge in [-0.2, -0.15) is 0 Å². The van der Waals surface area contributed by atoms with Gasteiger partial charge in [-0.05, 0) is 44.2 Å². The molecule has 4 rings (SSSR count). The van der Waals surface area contributed by atoms with Crippen LogP contribution in [-0.2, 0) is 9.53 Å². The van der Waals surface area contributed by atoms with Crippen LogP contribution in [0.5, 0.6) is 5.75 Å². The number of aromatic nitrogens is 1. The van der Waals surface area contributed by atoms with E-state index in [1.54, 1.807) is 17.9 Å². The second kappa shape index (κ2) is 9.35. The Morgan fingerprint density at radius 1 is 1.28 bits per heavy atom. The van der Waals surface area contributed by atoms with Crippen molar-refractivity contribution in [3.05, 3.63) is 42.0 Å². The summed E-state index contributed by atoms with van der Waals surface area (Å²) in [6, 6.07) is 8.19. The van der Waals surface area contributed by atoms with E-state index >= 15 is 0 Å². The first-order valence-corrected chi connectivity index (χ1v) is 11.6. The molecular formula is C22H22F3N5O5S. The first-order valence-electron chi connectivity index (χ1n) is 10.8. The van der Waals surface area contributed by atoms with Gasteiger partial charge in [-0.1, -0.05) is 11.3 Å². The molecule has 0 fully saturated rings. The van der Waals surface area contributed by atoms with E-state index in [0.29, 0.717) is 28.1 Å². The Kier molecular flexibility index (Phi) is 6.58. The minimum atomic E-state index is -4.84. The number of anilines is 3. The van der Waals surface area contributed by atoms with Crippen LogP contribution < -0.4 is 26.0 Å². The van der Waals surface area contributed by atoms with Gasteiger partial charge >= 0.3 is 12.3 Å². The van der Waals surface area contributed by atoms with E-state index in [1.165, 1.54) is 24.3 Å². The van der Waals surface area contributed by atoms with Crippen LogP contribution in [0, 0.1) is 0 Å². The van der Waals surface area contributed by atoms with E-state index in [9.17, 15) is 27.9 Å². The molecule has 0 spiro atoms. The van der Waals surface area contributed by atoms with E-state index in [0.717, 1.165) is 17.4 Å². The van der Waals surface area contributed by atoms with Crippen molar-refractivity contribution in [2.24, 2.45) is 5.73 Å². The Hall–Kier alpha value is -3.78. The molecule has 1 aromatic heterocycles. The van der Waals surface area contributed by atoms with Crippen molar-refractivity contribution in [3.63, 3.8) is 0 Å². The van der Waals surface area contributed by atoms with Crippen molar-refractivity contribution in [1.29, 1.82) is 0 Å². The molecule has 2 unspecified atom stereocenters. The summed E-state index contributed by atoms with van der Waals surface area (Å²) >= 11 is 1.03. The van der Waals surface area contributed by atoms with Crippen molar-refractivity contribution in [3.8, 4) is 5.75 Å². The Morgan fingerprint density at radius 3 is 2.64 bits per heavy atom. The zero-order chi connectivity index (χ0) is 26.3. The molecule has 3 aromatic rings. The maximum Gasteiger partial charge on any atom is 0.573 e. The Labute approximate surface area is 206 Å². The predicted octanol–water partition coefficient (Wildman–Crippen LogP) is 3.80. The summed E-state index contributed by atoms with van der Waals surface area (Å²) in [5.74, 6) is -3.85. The number of carboxylic acid groups (broad SMARTS) is 1. The molecule has 2 heterocycles. The highest BCUT2D eigenvalue weighted by atomic mass is 32.1. The van der Waals surface area contributed by atoms with Gasteiger partial charge in [0.25, 0.3) is 5.91 Å². The van der Waals surface area contributed by atoms with Crippen molar-refractivity contribution < 1.29 is 37.3 Å². The number of carbonyl (C=O) groups excluding carboxylic acids is 1. The van der Waals surface area contributed by atoms with E-state index in [4.69, 9.17) is 10.5 Å². The minimum absolute atomic E-state index is 0.0253. The number of fused-ring (bicyclic) bond motifs is 2. The molecule has 10 nitrogen and oxygen atoms in total. The molecule has 2 atom stereocenters. The summed E-state index contributed by atoms with van der Waals surface area (Å²) < 4.78 is 48.0. The number of thiazole rings is 1. The molecule has 36 heavy (non-hydrogen) atoms. The standard InChI is InChI=1S/C22H22F3N5O5S/c1-3-30-15-8-5-11(19(32)33)9-14(15)28-21(30,17(18(26)31)34-4-2)29-20-27-13-7-6-12(10-16(13)36-20)35-22(23,24)25/h5-10,17,28H,3-4H2,1-2H3,(H2,26,31)(H,27,29)(H,32,33). The normalized spacial score (nSPS) is 18.0. The van der Waals surface area contributed by atoms with Gasteiger partial charge in [-0.3, -0.25) is 4.79 Å². The van der Waals surface area contributed by atoms with Crippen LogP contribution in [-0.4, -0.2) is 53.4 Å². The number of hydrogen-bond donors (Lipinski definition) is 4. The number of rotatable bonds is 9. The van der Waals surface area contributed by atoms with Crippen LogP contribution in [0.4, 0.5) is 29.7 Å². The Balaban J connectivity index is 1.79. The molecule has 0 bridgehead atoms. The number of alkyl halides is 3. The molecule has 14 heteroatoms. The summed E-state index contributed by atoms with van der Waals surface area (Å²) in [6.07, 6.45) is -6.12. The number of nitrogens with zero attached hydrogens (tertiary/aromatic N) is 2. The number of nitrogens with one attached hydrogen (secondary N) is 2. The smallest absolute Gasteiger partial charge is 0.478 e. The average molecular weight is 526 g/mol. The maximum atomic E-state index is 12.6. The number of primary amides is 1. The first kappa shape index (κ1) is 25.3. The number of nitrogens with two attached hydrogens (primary N) is 1.